The molecule has 1 aromatic heterocycles. The van der Waals surface area contributed by atoms with E-state index in [0.29, 0.717) is 17.1 Å². The van der Waals surface area contributed by atoms with Gasteiger partial charge in [-0.3, -0.25) is 9.59 Å². The Bertz CT molecular complexity index is 1190. The molecule has 9 heteroatoms. The van der Waals surface area contributed by atoms with Crippen molar-refractivity contribution in [2.45, 2.75) is 69.1 Å². The smallest absolute Gasteiger partial charge is 0.338 e. The topological polar surface area (TPSA) is 113 Å². The van der Waals surface area contributed by atoms with Crippen molar-refractivity contribution in [3.8, 4) is 6.07 Å². The molecule has 0 radical (unpaired) electrons. The van der Waals surface area contributed by atoms with E-state index in [4.69, 9.17) is 4.74 Å². The molecule has 1 fully saturated rings. The molecule has 1 atom stereocenters. The molecule has 0 spiro atoms. The van der Waals surface area contributed by atoms with Crippen molar-refractivity contribution in [3.05, 3.63) is 40.6 Å². The van der Waals surface area contributed by atoms with Gasteiger partial charge in [0.25, 0.3) is 5.91 Å². The van der Waals surface area contributed by atoms with E-state index >= 15 is 0 Å². The van der Waals surface area contributed by atoms with Gasteiger partial charge >= 0.3 is 5.97 Å². The van der Waals surface area contributed by atoms with Crippen molar-refractivity contribution in [2.75, 3.05) is 17.2 Å². The van der Waals surface area contributed by atoms with E-state index in [1.165, 1.54) is 18.2 Å². The number of aromatic nitrogens is 1. The highest BCUT2D eigenvalue weighted by Crippen LogP contribution is 2.37. The van der Waals surface area contributed by atoms with Gasteiger partial charge in [-0.2, -0.15) is 5.26 Å². The minimum atomic E-state index is -0.661. The number of rotatable bonds is 5. The highest BCUT2D eigenvalue weighted by atomic mass is 32.2. The molecular formula is C25H28N4O4S. The molecule has 2 aliphatic rings. The van der Waals surface area contributed by atoms with Crippen molar-refractivity contribution in [3.63, 3.8) is 0 Å². The van der Waals surface area contributed by atoms with Crippen LogP contribution in [-0.2, 0) is 14.3 Å². The highest BCUT2D eigenvalue weighted by molar-refractivity contribution is 8.00. The summed E-state index contributed by atoms with van der Waals surface area (Å²) in [5, 5.41) is 15.1. The fraction of sp³-hybridized carbons (Fsp3) is 0.440. The molecule has 1 aliphatic carbocycles. The normalized spacial score (nSPS) is 17.9. The van der Waals surface area contributed by atoms with Crippen LogP contribution in [0.4, 0.5) is 11.5 Å². The summed E-state index contributed by atoms with van der Waals surface area (Å²) in [6, 6.07) is 7.38. The molecule has 2 N–H and O–H groups in total. The van der Waals surface area contributed by atoms with Crippen molar-refractivity contribution in [1.29, 1.82) is 5.26 Å². The maximum Gasteiger partial charge on any atom is 0.338 e. The van der Waals surface area contributed by atoms with E-state index in [-0.39, 0.29) is 22.8 Å². The fourth-order valence-corrected chi connectivity index (χ4v) is 5.53. The van der Waals surface area contributed by atoms with E-state index in [9.17, 15) is 19.6 Å². The van der Waals surface area contributed by atoms with Gasteiger partial charge in [-0.15, -0.1) is 11.8 Å². The number of hydrogen-bond acceptors (Lipinski definition) is 6. The second-order valence-corrected chi connectivity index (χ2v) is 10.2. The van der Waals surface area contributed by atoms with Crippen LogP contribution in [-0.4, -0.2) is 34.2 Å². The van der Waals surface area contributed by atoms with Crippen LogP contribution in [0.25, 0.3) is 0 Å². The van der Waals surface area contributed by atoms with Gasteiger partial charge in [-0.25, -0.2) is 4.79 Å². The second-order valence-electron chi connectivity index (χ2n) is 8.79. The predicted octanol–water partition coefficient (Wildman–Crippen LogP) is 4.71. The number of fused-ring (bicyclic) bond motifs is 1. The number of nitrogens with one attached hydrogen (secondary N) is 2. The Balaban J connectivity index is 1.45. The lowest BCUT2D eigenvalue weighted by Crippen LogP contribution is -2.27. The Morgan fingerprint density at radius 3 is 2.71 bits per heavy atom. The first kappa shape index (κ1) is 23.9. The van der Waals surface area contributed by atoms with Crippen LogP contribution in [0.2, 0.25) is 0 Å². The van der Waals surface area contributed by atoms with E-state index in [2.05, 4.69) is 21.3 Å². The van der Waals surface area contributed by atoms with Gasteiger partial charge in [0.15, 0.2) is 6.61 Å². The molecule has 34 heavy (non-hydrogen) atoms. The molecular weight excluding hydrogens is 452 g/mol. The molecule has 1 aliphatic heterocycles. The number of thioether (sulfide) groups is 1. The number of anilines is 2. The van der Waals surface area contributed by atoms with Crippen LogP contribution in [0.1, 0.15) is 72.2 Å². The molecule has 1 saturated carbocycles. The average Bonchev–Trinajstić information content (AvgIpc) is 3.07. The summed E-state index contributed by atoms with van der Waals surface area (Å²) in [4.78, 5) is 38.1. The third-order valence-electron chi connectivity index (χ3n) is 6.55. The lowest BCUT2D eigenvalue weighted by atomic mass is 9.95. The Morgan fingerprint density at radius 1 is 1.26 bits per heavy atom. The zero-order valence-electron chi connectivity index (χ0n) is 19.6. The fourth-order valence-electron chi connectivity index (χ4n) is 4.60. The van der Waals surface area contributed by atoms with Crippen LogP contribution < -0.4 is 10.6 Å². The second kappa shape index (κ2) is 9.94. The highest BCUT2D eigenvalue weighted by Gasteiger charge is 2.27. The largest absolute Gasteiger partial charge is 0.452 e. The third-order valence-corrected chi connectivity index (χ3v) is 7.72. The number of amides is 2. The zero-order valence-corrected chi connectivity index (χ0v) is 20.4. The van der Waals surface area contributed by atoms with Crippen molar-refractivity contribution >= 4 is 41.1 Å². The number of carbonyl (C=O) groups excluding carboxylic acids is 3. The van der Waals surface area contributed by atoms with E-state index in [1.54, 1.807) is 18.2 Å². The summed E-state index contributed by atoms with van der Waals surface area (Å²) in [7, 11) is 0. The molecule has 2 heterocycles. The lowest BCUT2D eigenvalue weighted by Gasteiger charge is -2.27. The summed E-state index contributed by atoms with van der Waals surface area (Å²) in [5.41, 5.74) is 3.07. The van der Waals surface area contributed by atoms with Crippen LogP contribution >= 0.6 is 11.8 Å². The van der Waals surface area contributed by atoms with Crippen molar-refractivity contribution < 1.29 is 19.1 Å². The first-order valence-corrected chi connectivity index (χ1v) is 12.4. The third kappa shape index (κ3) is 4.68. The maximum absolute atomic E-state index is 12.7. The van der Waals surface area contributed by atoms with E-state index in [0.717, 1.165) is 41.8 Å². The standard InChI is InChI=1S/C25H28N4O4S/c1-14-15(2)29(18-7-5-4-6-8-18)23(19(14)12-26)28-22(30)13-33-25(32)17-9-10-21-20(11-17)27-24(31)16(3)34-21/h9-11,16,18H,4-8,13H2,1-3H3,(H,27,31)(H,28,30)/t16-/m0/s1. The molecule has 1 aromatic carbocycles. The minimum Gasteiger partial charge on any atom is -0.452 e. The number of carbonyl (C=O) groups is 3. The number of hydrogen-bond donors (Lipinski definition) is 2. The first-order chi connectivity index (χ1) is 16.3. The summed E-state index contributed by atoms with van der Waals surface area (Å²) in [6.07, 6.45) is 5.44. The predicted molar refractivity (Wildman–Crippen MR) is 130 cm³/mol. The van der Waals surface area contributed by atoms with Crippen molar-refractivity contribution in [2.24, 2.45) is 0 Å². The van der Waals surface area contributed by atoms with Gasteiger partial charge in [0, 0.05) is 16.6 Å². The monoisotopic (exact) mass is 480 g/mol. The minimum absolute atomic E-state index is 0.123. The molecule has 2 aromatic rings. The summed E-state index contributed by atoms with van der Waals surface area (Å²) < 4.78 is 7.30. The van der Waals surface area contributed by atoms with Crippen LogP contribution in [0.3, 0.4) is 0 Å². The van der Waals surface area contributed by atoms with E-state index < -0.39 is 18.5 Å². The van der Waals surface area contributed by atoms with Gasteiger partial charge in [0.1, 0.15) is 11.9 Å². The number of benzene rings is 1. The molecule has 0 saturated heterocycles. The number of nitrogens with zero attached hydrogens (tertiary/aromatic N) is 2. The SMILES string of the molecule is Cc1c(C#N)c(NC(=O)COC(=O)c2ccc3c(c2)NC(=O)[C@H](C)S3)n(C2CCCCC2)c1C. The first-order valence-electron chi connectivity index (χ1n) is 11.5. The molecule has 4 rings (SSSR count). The summed E-state index contributed by atoms with van der Waals surface area (Å²) in [6.45, 7) is 5.19. The average molecular weight is 481 g/mol. The Labute approximate surface area is 203 Å². The van der Waals surface area contributed by atoms with Crippen LogP contribution in [0.15, 0.2) is 23.1 Å². The lowest BCUT2D eigenvalue weighted by molar-refractivity contribution is -0.119. The molecule has 2 amide bonds. The quantitative estimate of drug-likeness (QED) is 0.599. The Kier molecular flexibility index (Phi) is 6.98. The number of nitriles is 1. The van der Waals surface area contributed by atoms with Gasteiger partial charge in [-0.05, 0) is 57.4 Å². The van der Waals surface area contributed by atoms with Gasteiger partial charge in [-0.1, -0.05) is 19.3 Å². The van der Waals surface area contributed by atoms with E-state index in [1.807, 2.05) is 20.8 Å². The Morgan fingerprint density at radius 2 is 2.00 bits per heavy atom. The van der Waals surface area contributed by atoms with Gasteiger partial charge in [0.05, 0.1) is 22.1 Å². The number of esters is 1. The summed E-state index contributed by atoms with van der Waals surface area (Å²) >= 11 is 1.42. The molecule has 8 nitrogen and oxygen atoms in total. The van der Waals surface area contributed by atoms with Crippen LogP contribution in [0, 0.1) is 25.2 Å². The van der Waals surface area contributed by atoms with Gasteiger partial charge in [0.2, 0.25) is 5.91 Å². The number of ether oxygens (including phenoxy) is 1. The van der Waals surface area contributed by atoms with Crippen LogP contribution in [0.5, 0.6) is 0 Å². The summed E-state index contributed by atoms with van der Waals surface area (Å²) in [5.74, 6) is -0.809. The van der Waals surface area contributed by atoms with Crippen molar-refractivity contribution in [1.82, 2.24) is 4.57 Å². The molecule has 0 bridgehead atoms. The van der Waals surface area contributed by atoms with Gasteiger partial charge < -0.3 is 19.9 Å². The Hall–Kier alpha value is -3.25. The maximum atomic E-state index is 12.7. The zero-order chi connectivity index (χ0) is 24.4. The molecule has 178 valence electrons. The molecule has 0 unspecified atom stereocenters.